The Bertz CT molecular complexity index is 259. The van der Waals surface area contributed by atoms with E-state index in [9.17, 15) is 9.59 Å². The van der Waals surface area contributed by atoms with Gasteiger partial charge in [0.25, 0.3) is 0 Å². The van der Waals surface area contributed by atoms with Gasteiger partial charge < -0.3 is 10.2 Å². The Kier molecular flexibility index (Phi) is 11.3. The Morgan fingerprint density at radius 1 is 0.667 bits per heavy atom. The molecule has 0 saturated heterocycles. The number of carboxylic acid groups (broad SMARTS) is 2. The van der Waals surface area contributed by atoms with Crippen LogP contribution >= 0.6 is 0 Å². The third kappa shape index (κ3) is 14.7. The predicted octanol–water partition coefficient (Wildman–Crippen LogP) is 3.61. The minimum Gasteiger partial charge on any atom is -0.481 e. The smallest absolute Gasteiger partial charge is 0.303 e. The summed E-state index contributed by atoms with van der Waals surface area (Å²) in [4.78, 5) is 20.5. The van der Waals surface area contributed by atoms with E-state index < -0.39 is 11.9 Å². The molecule has 0 unspecified atom stereocenters. The van der Waals surface area contributed by atoms with Crippen molar-refractivity contribution in [3.8, 4) is 0 Å². The van der Waals surface area contributed by atoms with E-state index in [-0.39, 0.29) is 12.8 Å². The molecule has 2 N–H and O–H groups in total. The summed E-state index contributed by atoms with van der Waals surface area (Å²) in [6.07, 6.45) is 12.4. The lowest BCUT2D eigenvalue weighted by atomic mass is 10.1. The number of hydrogen-bond donors (Lipinski definition) is 2. The molecule has 0 rings (SSSR count). The first-order chi connectivity index (χ1) is 8.63. The molecule has 0 aliphatic carbocycles. The van der Waals surface area contributed by atoms with Gasteiger partial charge in [-0.05, 0) is 32.1 Å². The summed E-state index contributed by atoms with van der Waals surface area (Å²) in [5, 5.41) is 16.9. The topological polar surface area (TPSA) is 74.6 Å². The molecule has 0 heterocycles. The fourth-order valence-electron chi connectivity index (χ4n) is 1.68. The lowest BCUT2D eigenvalue weighted by Crippen LogP contribution is -1.93. The molecule has 0 bridgehead atoms. The minimum absolute atomic E-state index is 0.244. The molecule has 0 amide bonds. The van der Waals surface area contributed by atoms with Gasteiger partial charge in [-0.1, -0.05) is 31.4 Å². The molecule has 0 spiro atoms. The molecule has 4 heteroatoms. The van der Waals surface area contributed by atoms with Crippen LogP contribution in [0.25, 0.3) is 0 Å². The standard InChI is InChI=1S/C14H24O4/c15-13(16)11-9-7-5-3-1-2-4-6-8-10-12-14(17)18/h3,5H,1-2,4,6-12H2,(H,15,16)(H,17,18). The summed E-state index contributed by atoms with van der Waals surface area (Å²) in [5.74, 6) is -1.44. The van der Waals surface area contributed by atoms with Crippen LogP contribution in [-0.4, -0.2) is 22.2 Å². The van der Waals surface area contributed by atoms with Crippen LogP contribution in [0.2, 0.25) is 0 Å². The van der Waals surface area contributed by atoms with Gasteiger partial charge in [0.15, 0.2) is 0 Å². The van der Waals surface area contributed by atoms with E-state index >= 15 is 0 Å². The molecule has 0 aromatic carbocycles. The summed E-state index contributed by atoms with van der Waals surface area (Å²) in [6.45, 7) is 0. The third-order valence-corrected chi connectivity index (χ3v) is 2.69. The van der Waals surface area contributed by atoms with Crippen LogP contribution in [-0.2, 0) is 9.59 Å². The van der Waals surface area contributed by atoms with Crippen LogP contribution in [0.15, 0.2) is 12.2 Å². The number of carbonyl (C=O) groups is 2. The maximum Gasteiger partial charge on any atom is 0.303 e. The first-order valence-corrected chi connectivity index (χ1v) is 6.71. The average Bonchev–Trinajstić information content (AvgIpc) is 2.29. The molecule has 0 atom stereocenters. The van der Waals surface area contributed by atoms with Crippen molar-refractivity contribution in [3.63, 3.8) is 0 Å². The zero-order chi connectivity index (χ0) is 13.6. The number of hydrogen-bond acceptors (Lipinski definition) is 2. The van der Waals surface area contributed by atoms with Gasteiger partial charge in [0.05, 0.1) is 0 Å². The number of carboxylic acids is 2. The van der Waals surface area contributed by atoms with Crippen molar-refractivity contribution in [1.29, 1.82) is 0 Å². The van der Waals surface area contributed by atoms with Crippen molar-refractivity contribution in [2.45, 2.75) is 64.2 Å². The molecular weight excluding hydrogens is 232 g/mol. The Balaban J connectivity index is 3.12. The maximum atomic E-state index is 10.3. The van der Waals surface area contributed by atoms with E-state index in [1.807, 2.05) is 6.08 Å². The Hall–Kier alpha value is -1.32. The van der Waals surface area contributed by atoms with E-state index in [2.05, 4.69) is 6.08 Å². The van der Waals surface area contributed by atoms with Crippen molar-refractivity contribution in [1.82, 2.24) is 0 Å². The summed E-state index contributed by atoms with van der Waals surface area (Å²) in [6, 6.07) is 0. The van der Waals surface area contributed by atoms with Crippen molar-refractivity contribution in [3.05, 3.63) is 12.2 Å². The van der Waals surface area contributed by atoms with Gasteiger partial charge in [0.2, 0.25) is 0 Å². The Labute approximate surface area is 109 Å². The van der Waals surface area contributed by atoms with Crippen LogP contribution in [0.3, 0.4) is 0 Å². The highest BCUT2D eigenvalue weighted by Gasteiger charge is 1.96. The van der Waals surface area contributed by atoms with Crippen LogP contribution in [0.4, 0.5) is 0 Å². The number of aliphatic carboxylic acids is 2. The quantitative estimate of drug-likeness (QED) is 0.413. The van der Waals surface area contributed by atoms with Crippen molar-refractivity contribution in [2.75, 3.05) is 0 Å². The molecule has 18 heavy (non-hydrogen) atoms. The van der Waals surface area contributed by atoms with Crippen LogP contribution in [0.5, 0.6) is 0 Å². The van der Waals surface area contributed by atoms with Gasteiger partial charge in [0.1, 0.15) is 0 Å². The fraction of sp³-hybridized carbons (Fsp3) is 0.714. The first-order valence-electron chi connectivity index (χ1n) is 6.71. The van der Waals surface area contributed by atoms with Gasteiger partial charge in [-0.15, -0.1) is 0 Å². The second-order valence-corrected chi connectivity index (χ2v) is 4.46. The van der Waals surface area contributed by atoms with E-state index in [0.29, 0.717) is 6.42 Å². The van der Waals surface area contributed by atoms with E-state index in [4.69, 9.17) is 10.2 Å². The molecule has 0 aliphatic heterocycles. The highest BCUT2D eigenvalue weighted by molar-refractivity contribution is 5.66. The molecule has 0 aromatic heterocycles. The normalized spacial score (nSPS) is 10.9. The highest BCUT2D eigenvalue weighted by atomic mass is 16.4. The van der Waals surface area contributed by atoms with Gasteiger partial charge in [0, 0.05) is 12.8 Å². The summed E-state index contributed by atoms with van der Waals surface area (Å²) in [5.41, 5.74) is 0. The molecule has 0 saturated carbocycles. The minimum atomic E-state index is -0.732. The van der Waals surface area contributed by atoms with Crippen LogP contribution in [0, 0.1) is 0 Å². The highest BCUT2D eigenvalue weighted by Crippen LogP contribution is 2.08. The SMILES string of the molecule is O=C(O)CCCC=CCCCCCCCC(=O)O. The molecule has 0 aromatic rings. The Morgan fingerprint density at radius 2 is 1.11 bits per heavy atom. The lowest BCUT2D eigenvalue weighted by molar-refractivity contribution is -0.138. The van der Waals surface area contributed by atoms with E-state index in [1.54, 1.807) is 0 Å². The number of rotatable bonds is 12. The summed E-state index contributed by atoms with van der Waals surface area (Å²) < 4.78 is 0. The lowest BCUT2D eigenvalue weighted by Gasteiger charge is -1.98. The van der Waals surface area contributed by atoms with E-state index in [0.717, 1.165) is 44.9 Å². The molecule has 0 radical (unpaired) electrons. The zero-order valence-electron chi connectivity index (χ0n) is 10.9. The van der Waals surface area contributed by atoms with Gasteiger partial charge in [-0.25, -0.2) is 0 Å². The molecule has 4 nitrogen and oxygen atoms in total. The van der Waals surface area contributed by atoms with Gasteiger partial charge >= 0.3 is 11.9 Å². The van der Waals surface area contributed by atoms with Crippen molar-refractivity contribution < 1.29 is 19.8 Å². The third-order valence-electron chi connectivity index (χ3n) is 2.69. The second kappa shape index (κ2) is 12.1. The summed E-state index contributed by atoms with van der Waals surface area (Å²) in [7, 11) is 0. The van der Waals surface area contributed by atoms with Gasteiger partial charge in [-0.2, -0.15) is 0 Å². The van der Waals surface area contributed by atoms with Crippen molar-refractivity contribution in [2.24, 2.45) is 0 Å². The average molecular weight is 256 g/mol. The number of allylic oxidation sites excluding steroid dienone is 2. The molecule has 104 valence electrons. The first kappa shape index (κ1) is 16.7. The number of unbranched alkanes of at least 4 members (excludes halogenated alkanes) is 6. The molecule has 0 aliphatic rings. The fourth-order valence-corrected chi connectivity index (χ4v) is 1.68. The molecular formula is C14H24O4. The van der Waals surface area contributed by atoms with Crippen LogP contribution in [0.1, 0.15) is 64.2 Å². The summed E-state index contributed by atoms with van der Waals surface area (Å²) >= 11 is 0. The predicted molar refractivity (Wildman–Crippen MR) is 70.6 cm³/mol. The molecule has 0 fully saturated rings. The van der Waals surface area contributed by atoms with Crippen LogP contribution < -0.4 is 0 Å². The Morgan fingerprint density at radius 3 is 1.72 bits per heavy atom. The second-order valence-electron chi connectivity index (χ2n) is 4.46. The largest absolute Gasteiger partial charge is 0.481 e. The van der Waals surface area contributed by atoms with E-state index in [1.165, 1.54) is 0 Å². The monoisotopic (exact) mass is 256 g/mol. The van der Waals surface area contributed by atoms with Gasteiger partial charge in [-0.3, -0.25) is 9.59 Å². The zero-order valence-corrected chi connectivity index (χ0v) is 10.9. The maximum absolute atomic E-state index is 10.3. The van der Waals surface area contributed by atoms with Crippen molar-refractivity contribution >= 4 is 11.9 Å².